The van der Waals surface area contributed by atoms with Gasteiger partial charge in [-0.2, -0.15) is 4.31 Å². The minimum Gasteiger partial charge on any atom is -0.360 e. The summed E-state index contributed by atoms with van der Waals surface area (Å²) in [5.41, 5.74) is 1.24. The molecule has 10 heteroatoms. The topological polar surface area (TPSA) is 105 Å². The summed E-state index contributed by atoms with van der Waals surface area (Å²) < 4.78 is 32.2. The molecule has 1 aliphatic rings. The van der Waals surface area contributed by atoms with Crippen molar-refractivity contribution >= 4 is 27.3 Å². The monoisotopic (exact) mass is 398 g/mol. The van der Waals surface area contributed by atoms with Crippen LogP contribution >= 0.6 is 11.3 Å². The molecule has 1 aliphatic heterocycles. The van der Waals surface area contributed by atoms with Gasteiger partial charge in [0.15, 0.2) is 5.76 Å². The number of carbonyl (C=O) groups excluding carboxylic acids is 1. The van der Waals surface area contributed by atoms with Gasteiger partial charge in [-0.3, -0.25) is 4.79 Å². The predicted octanol–water partition coefficient (Wildman–Crippen LogP) is 1.57. The molecule has 2 aromatic heterocycles. The molecule has 26 heavy (non-hydrogen) atoms. The molecule has 0 bridgehead atoms. The molecule has 8 nitrogen and oxygen atoms in total. The lowest BCUT2D eigenvalue weighted by Crippen LogP contribution is -2.46. The van der Waals surface area contributed by atoms with Crippen LogP contribution in [0.3, 0.4) is 0 Å². The zero-order chi connectivity index (χ0) is 18.9. The number of hydrogen-bond donors (Lipinski definition) is 1. The fourth-order valence-corrected chi connectivity index (χ4v) is 5.80. The van der Waals surface area contributed by atoms with Gasteiger partial charge in [0.2, 0.25) is 15.9 Å². The molecular weight excluding hydrogens is 376 g/mol. The molecule has 1 unspecified atom stereocenters. The standard InChI is InChI=1S/C16H22N4O4S2/c1-10-15(11(2)24-19-10)26(22,23)20-8-4-5-14(20)16(21)17-7-6-13-9-25-12(3)18-13/h9,14H,4-8H2,1-3H3,(H,17,21). The number of aryl methyl sites for hydroxylation is 3. The molecule has 0 saturated carbocycles. The van der Waals surface area contributed by atoms with Crippen molar-refractivity contribution in [3.8, 4) is 0 Å². The number of carbonyl (C=O) groups is 1. The van der Waals surface area contributed by atoms with Gasteiger partial charge in [-0.1, -0.05) is 5.16 Å². The average molecular weight is 399 g/mol. The van der Waals surface area contributed by atoms with Crippen LogP contribution in [0.2, 0.25) is 0 Å². The van der Waals surface area contributed by atoms with E-state index in [0.717, 1.165) is 10.7 Å². The first-order valence-electron chi connectivity index (χ1n) is 8.44. The summed E-state index contributed by atoms with van der Waals surface area (Å²) in [4.78, 5) is 17.0. The SMILES string of the molecule is Cc1nc(CCNC(=O)C2CCCN2S(=O)(=O)c2c(C)noc2C)cs1. The maximum atomic E-state index is 13.0. The number of nitrogens with zero attached hydrogens (tertiary/aromatic N) is 3. The zero-order valence-electron chi connectivity index (χ0n) is 15.0. The van der Waals surface area contributed by atoms with E-state index in [1.807, 2.05) is 12.3 Å². The molecule has 142 valence electrons. The molecule has 0 spiro atoms. The fourth-order valence-electron chi connectivity index (χ4n) is 3.20. The van der Waals surface area contributed by atoms with Gasteiger partial charge in [-0.05, 0) is 33.6 Å². The molecule has 1 N–H and O–H groups in total. The lowest BCUT2D eigenvalue weighted by atomic mass is 10.2. The number of thiazole rings is 1. The summed E-state index contributed by atoms with van der Waals surface area (Å²) >= 11 is 1.57. The van der Waals surface area contributed by atoms with E-state index < -0.39 is 16.1 Å². The lowest BCUT2D eigenvalue weighted by Gasteiger charge is -2.23. The highest BCUT2D eigenvalue weighted by molar-refractivity contribution is 7.89. The Balaban J connectivity index is 1.68. The Morgan fingerprint density at radius 2 is 2.19 bits per heavy atom. The van der Waals surface area contributed by atoms with Crippen LogP contribution in [0.15, 0.2) is 14.8 Å². The van der Waals surface area contributed by atoms with Crippen LogP contribution < -0.4 is 5.32 Å². The molecule has 0 aromatic carbocycles. The Morgan fingerprint density at radius 3 is 2.81 bits per heavy atom. The number of rotatable bonds is 6. The Labute approximate surface area is 156 Å². The highest BCUT2D eigenvalue weighted by Gasteiger charge is 2.41. The normalized spacial score (nSPS) is 18.3. The number of aromatic nitrogens is 2. The second-order valence-corrected chi connectivity index (χ2v) is 9.22. The van der Waals surface area contributed by atoms with Crippen molar-refractivity contribution in [3.63, 3.8) is 0 Å². The van der Waals surface area contributed by atoms with Crippen molar-refractivity contribution in [2.45, 2.75) is 51.0 Å². The van der Waals surface area contributed by atoms with Crippen LogP contribution in [0.25, 0.3) is 0 Å². The molecule has 1 saturated heterocycles. The van der Waals surface area contributed by atoms with E-state index in [1.54, 1.807) is 25.2 Å². The summed E-state index contributed by atoms with van der Waals surface area (Å²) in [6.45, 7) is 5.83. The molecule has 3 rings (SSSR count). The number of hydrogen-bond acceptors (Lipinski definition) is 7. The van der Waals surface area contributed by atoms with Crippen LogP contribution in [0.4, 0.5) is 0 Å². The molecular formula is C16H22N4O4S2. The molecule has 1 amide bonds. The smallest absolute Gasteiger partial charge is 0.249 e. The lowest BCUT2D eigenvalue weighted by molar-refractivity contribution is -0.124. The summed E-state index contributed by atoms with van der Waals surface area (Å²) in [5.74, 6) is -0.0303. The minimum atomic E-state index is -3.82. The largest absolute Gasteiger partial charge is 0.360 e. The fraction of sp³-hybridized carbons (Fsp3) is 0.562. The zero-order valence-corrected chi connectivity index (χ0v) is 16.6. The summed E-state index contributed by atoms with van der Waals surface area (Å²) in [6.07, 6.45) is 1.77. The quantitative estimate of drug-likeness (QED) is 0.792. The summed E-state index contributed by atoms with van der Waals surface area (Å²) in [6, 6.07) is -0.703. The van der Waals surface area contributed by atoms with Crippen LogP contribution in [-0.4, -0.2) is 47.9 Å². The van der Waals surface area contributed by atoms with Crippen molar-refractivity contribution < 1.29 is 17.7 Å². The minimum absolute atomic E-state index is 0.0650. The van der Waals surface area contributed by atoms with Gasteiger partial charge in [-0.15, -0.1) is 11.3 Å². The Morgan fingerprint density at radius 1 is 1.42 bits per heavy atom. The number of amides is 1. The predicted molar refractivity (Wildman–Crippen MR) is 96.5 cm³/mol. The van der Waals surface area contributed by atoms with Crippen molar-refractivity contribution in [1.29, 1.82) is 0 Å². The maximum absolute atomic E-state index is 13.0. The van der Waals surface area contributed by atoms with Gasteiger partial charge < -0.3 is 9.84 Å². The van der Waals surface area contributed by atoms with Crippen LogP contribution in [-0.2, 0) is 21.2 Å². The van der Waals surface area contributed by atoms with E-state index in [4.69, 9.17) is 4.52 Å². The molecule has 1 fully saturated rings. The first kappa shape index (κ1) is 19.0. The molecule has 1 atom stereocenters. The molecule has 0 radical (unpaired) electrons. The molecule has 3 heterocycles. The Bertz CT molecular complexity index is 884. The average Bonchev–Trinajstić information content (AvgIpc) is 3.28. The second-order valence-electron chi connectivity index (χ2n) is 6.33. The Hall–Kier alpha value is -1.78. The number of nitrogens with one attached hydrogen (secondary N) is 1. The van der Waals surface area contributed by atoms with Gasteiger partial charge in [0, 0.05) is 24.9 Å². The van der Waals surface area contributed by atoms with E-state index in [-0.39, 0.29) is 16.6 Å². The van der Waals surface area contributed by atoms with Crippen molar-refractivity contribution in [1.82, 2.24) is 19.8 Å². The van der Waals surface area contributed by atoms with E-state index in [0.29, 0.717) is 38.0 Å². The van der Waals surface area contributed by atoms with Gasteiger partial charge in [0.1, 0.15) is 16.6 Å². The van der Waals surface area contributed by atoms with E-state index in [1.165, 1.54) is 4.31 Å². The van der Waals surface area contributed by atoms with Crippen molar-refractivity contribution in [3.05, 3.63) is 27.5 Å². The van der Waals surface area contributed by atoms with Crippen LogP contribution in [0.5, 0.6) is 0 Å². The first-order valence-corrected chi connectivity index (χ1v) is 10.8. The third-order valence-corrected chi connectivity index (χ3v) is 7.36. The third-order valence-electron chi connectivity index (χ3n) is 4.39. The van der Waals surface area contributed by atoms with Gasteiger partial charge >= 0.3 is 0 Å². The summed E-state index contributed by atoms with van der Waals surface area (Å²) in [5, 5.41) is 9.51. The van der Waals surface area contributed by atoms with Crippen LogP contribution in [0, 0.1) is 20.8 Å². The first-order chi connectivity index (χ1) is 12.3. The highest BCUT2D eigenvalue weighted by Crippen LogP contribution is 2.29. The van der Waals surface area contributed by atoms with Gasteiger partial charge in [0.05, 0.1) is 10.7 Å². The van der Waals surface area contributed by atoms with Crippen molar-refractivity contribution in [2.24, 2.45) is 0 Å². The third kappa shape index (κ3) is 3.67. The van der Waals surface area contributed by atoms with Gasteiger partial charge in [-0.25, -0.2) is 13.4 Å². The Kier molecular flexibility index (Phi) is 5.44. The van der Waals surface area contributed by atoms with E-state index in [9.17, 15) is 13.2 Å². The summed E-state index contributed by atoms with van der Waals surface area (Å²) in [7, 11) is -3.82. The highest BCUT2D eigenvalue weighted by atomic mass is 32.2. The van der Waals surface area contributed by atoms with E-state index in [2.05, 4.69) is 15.5 Å². The second kappa shape index (κ2) is 7.45. The van der Waals surface area contributed by atoms with Crippen LogP contribution in [0.1, 0.15) is 35.0 Å². The van der Waals surface area contributed by atoms with Crippen molar-refractivity contribution in [2.75, 3.05) is 13.1 Å². The molecule has 2 aromatic rings. The molecule has 0 aliphatic carbocycles. The van der Waals surface area contributed by atoms with Gasteiger partial charge in [0.25, 0.3) is 0 Å². The van der Waals surface area contributed by atoms with E-state index >= 15 is 0 Å². The maximum Gasteiger partial charge on any atom is 0.249 e. The number of sulfonamides is 1.